The second-order valence-electron chi connectivity index (χ2n) is 3.17. The van der Waals surface area contributed by atoms with E-state index in [1.54, 1.807) is 0 Å². The summed E-state index contributed by atoms with van der Waals surface area (Å²) in [6.45, 7) is 0. The minimum Gasteiger partial charge on any atom is -0.240 e. The molecule has 1 aliphatic rings. The van der Waals surface area contributed by atoms with Crippen LogP contribution in [0.2, 0.25) is 0 Å². The zero-order valence-corrected chi connectivity index (χ0v) is 6.72. The molecule has 89 valence electrons. The highest BCUT2D eigenvalue weighted by Crippen LogP contribution is 2.59. The predicted molar refractivity (Wildman–Crippen MR) is 28.9 cm³/mol. The van der Waals surface area contributed by atoms with E-state index in [1.807, 2.05) is 0 Å². The molecule has 0 aromatic carbocycles. The molecule has 1 saturated carbocycles. The molecule has 1 rings (SSSR count). The molecule has 2 atom stereocenters. The molecule has 1 nitrogen and oxygen atoms in total. The van der Waals surface area contributed by atoms with Gasteiger partial charge in [-0.1, -0.05) is 0 Å². The molecular formula is C6H3F8O. The maximum Gasteiger partial charge on any atom is 0.380 e. The van der Waals surface area contributed by atoms with Gasteiger partial charge in [0.2, 0.25) is 0 Å². The third-order valence-corrected chi connectivity index (χ3v) is 2.12. The van der Waals surface area contributed by atoms with Crippen molar-refractivity contribution in [3.63, 3.8) is 0 Å². The summed E-state index contributed by atoms with van der Waals surface area (Å²) in [5.41, 5.74) is 0. The van der Waals surface area contributed by atoms with Crippen LogP contribution in [0.15, 0.2) is 0 Å². The quantitative estimate of drug-likeness (QED) is 0.583. The summed E-state index contributed by atoms with van der Waals surface area (Å²) < 4.78 is 98.6. The van der Waals surface area contributed by atoms with Crippen LogP contribution in [0.3, 0.4) is 0 Å². The first-order chi connectivity index (χ1) is 6.38. The molecule has 0 amide bonds. The van der Waals surface area contributed by atoms with Crippen LogP contribution in [-0.4, -0.2) is 29.8 Å². The van der Waals surface area contributed by atoms with E-state index in [-0.39, 0.29) is 0 Å². The Morgan fingerprint density at radius 2 is 1.27 bits per heavy atom. The highest BCUT2D eigenvalue weighted by molar-refractivity contribution is 5.11. The number of rotatable bonds is 0. The molecule has 0 aliphatic heterocycles. The van der Waals surface area contributed by atoms with Gasteiger partial charge in [0.05, 0.1) is 6.42 Å². The van der Waals surface area contributed by atoms with Gasteiger partial charge >= 0.3 is 23.6 Å². The molecule has 2 unspecified atom stereocenters. The van der Waals surface area contributed by atoms with Crippen LogP contribution in [0.25, 0.3) is 0 Å². The minimum absolute atomic E-state index is 2.53. The Balaban J connectivity index is 3.30. The second-order valence-corrected chi connectivity index (χ2v) is 3.17. The summed E-state index contributed by atoms with van der Waals surface area (Å²) in [6.07, 6.45) is -6.47. The molecule has 1 aliphatic carbocycles. The van der Waals surface area contributed by atoms with E-state index >= 15 is 0 Å². The Kier molecular flexibility index (Phi) is 2.28. The summed E-state index contributed by atoms with van der Waals surface area (Å²) in [6, 6.07) is 0. The molecule has 1 fully saturated rings. The predicted octanol–water partition coefficient (Wildman–Crippen LogP) is 2.73. The number of alkyl halides is 8. The van der Waals surface area contributed by atoms with Crippen LogP contribution >= 0.6 is 0 Å². The lowest BCUT2D eigenvalue weighted by molar-refractivity contribution is -0.432. The fourth-order valence-electron chi connectivity index (χ4n) is 1.13. The van der Waals surface area contributed by atoms with Crippen molar-refractivity contribution in [2.24, 2.45) is 0 Å². The van der Waals surface area contributed by atoms with Crippen molar-refractivity contribution in [3.8, 4) is 0 Å². The van der Waals surface area contributed by atoms with Crippen molar-refractivity contribution in [1.29, 1.82) is 0 Å². The normalized spacial score (nSPS) is 42.6. The van der Waals surface area contributed by atoms with Gasteiger partial charge in [-0.3, -0.25) is 0 Å². The van der Waals surface area contributed by atoms with E-state index in [9.17, 15) is 40.2 Å². The van der Waals surface area contributed by atoms with Crippen molar-refractivity contribution in [3.05, 3.63) is 0 Å². The maximum absolute atomic E-state index is 12.4. The second kappa shape index (κ2) is 2.74. The van der Waals surface area contributed by atoms with Gasteiger partial charge in [0.25, 0.3) is 0 Å². The monoisotopic (exact) mass is 243 g/mol. The van der Waals surface area contributed by atoms with E-state index in [0.29, 0.717) is 0 Å². The van der Waals surface area contributed by atoms with Gasteiger partial charge in [-0.2, -0.15) is 31.4 Å². The van der Waals surface area contributed by atoms with Crippen LogP contribution < -0.4 is 0 Å². The van der Waals surface area contributed by atoms with E-state index < -0.39 is 36.2 Å². The largest absolute Gasteiger partial charge is 0.380 e. The van der Waals surface area contributed by atoms with Crippen molar-refractivity contribution in [2.45, 2.75) is 36.2 Å². The van der Waals surface area contributed by atoms with Crippen LogP contribution in [0.4, 0.5) is 35.1 Å². The maximum atomic E-state index is 12.4. The average molecular weight is 243 g/mol. The first kappa shape index (κ1) is 12.5. The zero-order valence-electron chi connectivity index (χ0n) is 6.72. The van der Waals surface area contributed by atoms with Crippen molar-refractivity contribution in [1.82, 2.24) is 0 Å². The summed E-state index contributed by atoms with van der Waals surface area (Å²) in [7, 11) is 0. The van der Waals surface area contributed by atoms with Crippen LogP contribution in [0.5, 0.6) is 0 Å². The Bertz CT molecular complexity index is 272. The summed E-state index contributed by atoms with van der Waals surface area (Å²) in [4.78, 5) is 0. The summed E-state index contributed by atoms with van der Waals surface area (Å²) >= 11 is 0. The Morgan fingerprint density at radius 1 is 0.867 bits per heavy atom. The molecule has 15 heavy (non-hydrogen) atoms. The highest BCUT2D eigenvalue weighted by atomic mass is 19.4. The molecule has 9 heteroatoms. The molecule has 0 heterocycles. The summed E-state index contributed by atoms with van der Waals surface area (Å²) in [5, 5.41) is 10.2. The molecule has 1 radical (unpaired) electrons. The van der Waals surface area contributed by atoms with Gasteiger partial charge in [-0.25, -0.2) is 8.78 Å². The third kappa shape index (κ3) is 1.25. The van der Waals surface area contributed by atoms with E-state index in [0.717, 1.165) is 0 Å². The van der Waals surface area contributed by atoms with Gasteiger partial charge in [0.15, 0.2) is 6.17 Å². The van der Waals surface area contributed by atoms with Crippen molar-refractivity contribution >= 4 is 0 Å². The van der Waals surface area contributed by atoms with Gasteiger partial charge < -0.3 is 0 Å². The molecule has 0 N–H and O–H groups in total. The smallest absolute Gasteiger partial charge is 0.240 e. The average Bonchev–Trinajstić information content (AvgIpc) is 2.00. The molecule has 0 aromatic rings. The van der Waals surface area contributed by atoms with Gasteiger partial charge in [-0.15, -0.1) is 0 Å². The molecular weight excluding hydrogens is 240 g/mol. The molecule has 0 bridgehead atoms. The van der Waals surface area contributed by atoms with Gasteiger partial charge in [0, 0.05) is 0 Å². The lowest BCUT2D eigenvalue weighted by Crippen LogP contribution is -2.71. The fourth-order valence-corrected chi connectivity index (χ4v) is 1.13. The standard InChI is InChI=1S/C6H3F8O/c7-2-1-3(8,15)5(11,12)6(13,14)4(2,9)10/h2H,1H2. The number of hydrogen-bond acceptors (Lipinski definition) is 0. The van der Waals surface area contributed by atoms with Crippen molar-refractivity contribution < 1.29 is 40.2 Å². The number of halogens is 8. The van der Waals surface area contributed by atoms with Gasteiger partial charge in [-0.05, 0) is 0 Å². The minimum atomic E-state index is -6.35. The lowest BCUT2D eigenvalue weighted by atomic mass is 9.83. The molecule has 0 spiro atoms. The van der Waals surface area contributed by atoms with Gasteiger partial charge in [0.1, 0.15) is 0 Å². The van der Waals surface area contributed by atoms with Crippen molar-refractivity contribution in [2.75, 3.05) is 0 Å². The molecule has 0 aromatic heterocycles. The van der Waals surface area contributed by atoms with Crippen LogP contribution in [-0.2, 0) is 5.11 Å². The molecule has 0 saturated heterocycles. The Hall–Kier alpha value is -0.600. The number of hydrogen-bond donors (Lipinski definition) is 0. The third-order valence-electron chi connectivity index (χ3n) is 2.12. The van der Waals surface area contributed by atoms with E-state index in [4.69, 9.17) is 0 Å². The van der Waals surface area contributed by atoms with E-state index in [2.05, 4.69) is 0 Å². The summed E-state index contributed by atoms with van der Waals surface area (Å²) in [5.74, 6) is -23.5. The Labute approximate surface area is 77.7 Å². The topological polar surface area (TPSA) is 19.9 Å². The van der Waals surface area contributed by atoms with Crippen LogP contribution in [0, 0.1) is 0 Å². The SMILES string of the molecule is [O]C1(F)CC(F)C(F)(F)C(F)(F)C1(F)F. The Morgan fingerprint density at radius 3 is 1.67 bits per heavy atom. The van der Waals surface area contributed by atoms with Crippen LogP contribution in [0.1, 0.15) is 6.42 Å². The fraction of sp³-hybridized carbons (Fsp3) is 1.00. The zero-order chi connectivity index (χ0) is 12.3. The van der Waals surface area contributed by atoms with E-state index in [1.165, 1.54) is 0 Å². The highest BCUT2D eigenvalue weighted by Gasteiger charge is 2.86. The lowest BCUT2D eigenvalue weighted by Gasteiger charge is -2.43. The first-order valence-electron chi connectivity index (χ1n) is 3.55. The first-order valence-corrected chi connectivity index (χ1v) is 3.55.